The Balaban J connectivity index is 1.37. The van der Waals surface area contributed by atoms with Gasteiger partial charge in [-0.15, -0.1) is 0 Å². The Bertz CT molecular complexity index is 442. The molecule has 0 aromatic carbocycles. The summed E-state index contributed by atoms with van der Waals surface area (Å²) in [6, 6.07) is 1.36. The molecule has 6 heteroatoms. The van der Waals surface area contributed by atoms with Gasteiger partial charge in [-0.1, -0.05) is 13.8 Å². The Hall–Kier alpha value is -0.240. The maximum Gasteiger partial charge on any atom is 0.0725 e. The van der Waals surface area contributed by atoms with Crippen LogP contribution in [-0.2, 0) is 9.47 Å². The van der Waals surface area contributed by atoms with Crippen LogP contribution in [0.2, 0.25) is 0 Å². The molecule has 3 rings (SSSR count). The van der Waals surface area contributed by atoms with Crippen molar-refractivity contribution >= 4 is 0 Å². The SMILES string of the molecule is CNC1CCN(C(C)CN2CCO[C@@H](CCN3CCO[C@H](C(C)C)C3)C2)CC1. The zero-order valence-corrected chi connectivity index (χ0v) is 18.7. The van der Waals surface area contributed by atoms with Crippen molar-refractivity contribution in [3.63, 3.8) is 0 Å². The van der Waals surface area contributed by atoms with Gasteiger partial charge in [0.25, 0.3) is 0 Å². The van der Waals surface area contributed by atoms with E-state index < -0.39 is 0 Å². The molecule has 0 aromatic rings. The van der Waals surface area contributed by atoms with Crippen LogP contribution in [0.25, 0.3) is 0 Å². The van der Waals surface area contributed by atoms with Gasteiger partial charge in [-0.25, -0.2) is 0 Å². The van der Waals surface area contributed by atoms with Gasteiger partial charge >= 0.3 is 0 Å². The zero-order valence-electron chi connectivity index (χ0n) is 18.7. The topological polar surface area (TPSA) is 40.2 Å². The third-order valence-corrected chi connectivity index (χ3v) is 6.99. The van der Waals surface area contributed by atoms with Gasteiger partial charge in [0.05, 0.1) is 25.4 Å². The number of nitrogens with zero attached hydrogens (tertiary/aromatic N) is 3. The lowest BCUT2D eigenvalue weighted by Gasteiger charge is -2.41. The van der Waals surface area contributed by atoms with Gasteiger partial charge in [-0.3, -0.25) is 14.7 Å². The molecule has 1 N–H and O–H groups in total. The molecule has 28 heavy (non-hydrogen) atoms. The van der Waals surface area contributed by atoms with E-state index >= 15 is 0 Å². The highest BCUT2D eigenvalue weighted by Gasteiger charge is 2.28. The van der Waals surface area contributed by atoms with Crippen LogP contribution in [0, 0.1) is 5.92 Å². The largest absolute Gasteiger partial charge is 0.376 e. The fourth-order valence-corrected chi connectivity index (χ4v) is 4.90. The normalized spacial score (nSPS) is 30.8. The van der Waals surface area contributed by atoms with Crippen LogP contribution in [0.3, 0.4) is 0 Å². The third kappa shape index (κ3) is 6.64. The smallest absolute Gasteiger partial charge is 0.0725 e. The van der Waals surface area contributed by atoms with Crippen LogP contribution in [0.4, 0.5) is 0 Å². The van der Waals surface area contributed by atoms with Crippen LogP contribution >= 0.6 is 0 Å². The first-order valence-electron chi connectivity index (χ1n) is 11.6. The molecule has 0 bridgehead atoms. The van der Waals surface area contributed by atoms with Crippen LogP contribution in [0.15, 0.2) is 0 Å². The number of rotatable bonds is 8. The van der Waals surface area contributed by atoms with E-state index in [-0.39, 0.29) is 0 Å². The fourth-order valence-electron chi connectivity index (χ4n) is 4.90. The first kappa shape index (κ1) is 22.4. The van der Waals surface area contributed by atoms with E-state index in [0.717, 1.165) is 52.4 Å². The molecule has 3 aliphatic heterocycles. The minimum atomic E-state index is 0.385. The monoisotopic (exact) mass is 396 g/mol. The molecule has 0 aliphatic carbocycles. The number of ether oxygens (including phenoxy) is 2. The molecule has 1 unspecified atom stereocenters. The summed E-state index contributed by atoms with van der Waals surface area (Å²) in [6.45, 7) is 17.8. The number of nitrogens with one attached hydrogen (secondary N) is 1. The maximum atomic E-state index is 6.11. The fraction of sp³-hybridized carbons (Fsp3) is 1.00. The minimum Gasteiger partial charge on any atom is -0.376 e. The van der Waals surface area contributed by atoms with Crippen LogP contribution in [0.1, 0.15) is 40.0 Å². The van der Waals surface area contributed by atoms with Gasteiger partial charge < -0.3 is 14.8 Å². The minimum absolute atomic E-state index is 0.385. The number of hydrogen-bond donors (Lipinski definition) is 1. The molecule has 0 aromatic heterocycles. The van der Waals surface area contributed by atoms with Gasteiger partial charge in [0, 0.05) is 51.4 Å². The van der Waals surface area contributed by atoms with E-state index in [9.17, 15) is 0 Å². The molecule has 3 atom stereocenters. The Morgan fingerprint density at radius 1 is 0.929 bits per heavy atom. The summed E-state index contributed by atoms with van der Waals surface area (Å²) in [5, 5.41) is 3.43. The van der Waals surface area contributed by atoms with E-state index in [1.54, 1.807) is 0 Å². The third-order valence-electron chi connectivity index (χ3n) is 6.99. The lowest BCUT2D eigenvalue weighted by atomic mass is 10.0. The van der Waals surface area contributed by atoms with Crippen molar-refractivity contribution in [2.75, 3.05) is 72.6 Å². The molecular weight excluding hydrogens is 352 g/mol. The van der Waals surface area contributed by atoms with Gasteiger partial charge in [-0.2, -0.15) is 0 Å². The summed E-state index contributed by atoms with van der Waals surface area (Å²) in [5.74, 6) is 0.601. The highest BCUT2D eigenvalue weighted by Crippen LogP contribution is 2.17. The molecule has 3 saturated heterocycles. The van der Waals surface area contributed by atoms with Crippen molar-refractivity contribution in [1.29, 1.82) is 0 Å². The average molecular weight is 397 g/mol. The molecule has 3 fully saturated rings. The van der Waals surface area contributed by atoms with Crippen LogP contribution in [0.5, 0.6) is 0 Å². The first-order chi connectivity index (χ1) is 13.5. The highest BCUT2D eigenvalue weighted by atomic mass is 16.5. The first-order valence-corrected chi connectivity index (χ1v) is 11.6. The lowest BCUT2D eigenvalue weighted by Crippen LogP contribution is -2.52. The van der Waals surface area contributed by atoms with Gasteiger partial charge in [0.1, 0.15) is 0 Å². The van der Waals surface area contributed by atoms with Gasteiger partial charge in [-0.05, 0) is 52.2 Å². The Morgan fingerprint density at radius 3 is 2.36 bits per heavy atom. The van der Waals surface area contributed by atoms with E-state index in [1.807, 2.05) is 0 Å². The maximum absolute atomic E-state index is 6.11. The number of morpholine rings is 2. The standard InChI is InChI=1S/C22H44N4O2/c1-18(2)22-17-24(11-14-28-22)8-7-21-16-25(12-13-27-21)15-19(3)26-9-5-20(23-4)6-10-26/h18-23H,5-17H2,1-4H3/t19?,21-,22-/m0/s1. The van der Waals surface area contributed by atoms with Crippen molar-refractivity contribution in [2.24, 2.45) is 5.92 Å². The average Bonchev–Trinajstić information content (AvgIpc) is 2.73. The van der Waals surface area contributed by atoms with E-state index in [2.05, 4.69) is 47.8 Å². The van der Waals surface area contributed by atoms with Crippen molar-refractivity contribution in [3.8, 4) is 0 Å². The van der Waals surface area contributed by atoms with Crippen molar-refractivity contribution in [2.45, 2.75) is 64.3 Å². The molecule has 3 heterocycles. The second-order valence-electron chi connectivity index (χ2n) is 9.44. The molecule has 0 spiro atoms. The zero-order chi connectivity index (χ0) is 19.9. The summed E-state index contributed by atoms with van der Waals surface area (Å²) in [4.78, 5) is 7.89. The highest BCUT2D eigenvalue weighted by molar-refractivity contribution is 4.83. The number of hydrogen-bond acceptors (Lipinski definition) is 6. The quantitative estimate of drug-likeness (QED) is 0.671. The predicted octanol–water partition coefficient (Wildman–Crippen LogP) is 1.51. The second kappa shape index (κ2) is 11.2. The molecule has 6 nitrogen and oxygen atoms in total. The number of piperidine rings is 1. The van der Waals surface area contributed by atoms with Gasteiger partial charge in [0.2, 0.25) is 0 Å². The molecule has 0 saturated carbocycles. The van der Waals surface area contributed by atoms with Gasteiger partial charge in [0.15, 0.2) is 0 Å². The Morgan fingerprint density at radius 2 is 1.64 bits per heavy atom. The van der Waals surface area contributed by atoms with E-state index in [0.29, 0.717) is 30.2 Å². The van der Waals surface area contributed by atoms with Crippen molar-refractivity contribution in [3.05, 3.63) is 0 Å². The summed E-state index contributed by atoms with van der Waals surface area (Å²) in [7, 11) is 2.09. The van der Waals surface area contributed by atoms with E-state index in [4.69, 9.17) is 9.47 Å². The summed E-state index contributed by atoms with van der Waals surface area (Å²) < 4.78 is 12.0. The van der Waals surface area contributed by atoms with E-state index in [1.165, 1.54) is 32.5 Å². The molecule has 164 valence electrons. The molecule has 0 radical (unpaired) electrons. The Labute approximate surface area is 172 Å². The molecule has 3 aliphatic rings. The molecule has 0 amide bonds. The lowest BCUT2D eigenvalue weighted by molar-refractivity contribution is -0.0662. The summed E-state index contributed by atoms with van der Waals surface area (Å²) >= 11 is 0. The Kier molecular flexibility index (Phi) is 9.00. The van der Waals surface area contributed by atoms with Crippen molar-refractivity contribution < 1.29 is 9.47 Å². The summed E-state index contributed by atoms with van der Waals surface area (Å²) in [6.07, 6.45) is 4.48. The predicted molar refractivity (Wildman–Crippen MR) is 115 cm³/mol. The molecular formula is C22H44N4O2. The second-order valence-corrected chi connectivity index (χ2v) is 9.44. The van der Waals surface area contributed by atoms with Crippen LogP contribution < -0.4 is 5.32 Å². The number of likely N-dealkylation sites (tertiary alicyclic amines) is 1. The van der Waals surface area contributed by atoms with Crippen molar-refractivity contribution in [1.82, 2.24) is 20.0 Å². The van der Waals surface area contributed by atoms with Crippen LogP contribution in [-0.4, -0.2) is 112 Å². The summed E-state index contributed by atoms with van der Waals surface area (Å²) in [5.41, 5.74) is 0.